The first kappa shape index (κ1) is 17.9. The molecular weight excluding hydrogens is 386 g/mol. The Bertz CT molecular complexity index is 1300. The van der Waals surface area contributed by atoms with E-state index in [0.29, 0.717) is 10.8 Å². The first-order valence-electron chi connectivity index (χ1n) is 9.41. The van der Waals surface area contributed by atoms with Gasteiger partial charge in [0.25, 0.3) is 5.78 Å². The summed E-state index contributed by atoms with van der Waals surface area (Å²) < 4.78 is 1.82. The molecule has 0 aliphatic heterocycles. The fourth-order valence-corrected chi connectivity index (χ4v) is 3.68. The summed E-state index contributed by atoms with van der Waals surface area (Å²) in [6, 6.07) is 13.6. The predicted molar refractivity (Wildman–Crippen MR) is 113 cm³/mol. The predicted octanol–water partition coefficient (Wildman–Crippen LogP) is 3.97. The smallest absolute Gasteiger partial charge is 0.257 e. The van der Waals surface area contributed by atoms with Gasteiger partial charge in [-0.3, -0.25) is 4.40 Å². The van der Waals surface area contributed by atoms with Crippen molar-refractivity contribution >= 4 is 39.8 Å². The summed E-state index contributed by atoms with van der Waals surface area (Å²) in [5, 5.41) is 19.9. The number of fused-ring (bicyclic) bond motifs is 3. The molecule has 0 saturated heterocycles. The fourth-order valence-electron chi connectivity index (χ4n) is 3.52. The average Bonchev–Trinajstić information content (AvgIpc) is 3.19. The van der Waals surface area contributed by atoms with Crippen LogP contribution in [0.2, 0.25) is 5.02 Å². The molecular formula is C22H18ClN5O. The third-order valence-electron chi connectivity index (χ3n) is 5.37. The highest BCUT2D eigenvalue weighted by Crippen LogP contribution is 2.32. The average molecular weight is 404 g/mol. The molecule has 0 spiro atoms. The van der Waals surface area contributed by atoms with Gasteiger partial charge in [0.15, 0.2) is 0 Å². The van der Waals surface area contributed by atoms with E-state index < -0.39 is 5.60 Å². The maximum absolute atomic E-state index is 10.2. The van der Waals surface area contributed by atoms with Crippen molar-refractivity contribution in [1.82, 2.24) is 19.6 Å². The van der Waals surface area contributed by atoms with Gasteiger partial charge in [0.05, 0.1) is 5.52 Å². The Kier molecular flexibility index (Phi) is 4.16. The summed E-state index contributed by atoms with van der Waals surface area (Å²) in [7, 11) is 1.95. The van der Waals surface area contributed by atoms with E-state index >= 15 is 0 Å². The number of benzene rings is 2. The van der Waals surface area contributed by atoms with Crippen molar-refractivity contribution in [3.63, 3.8) is 0 Å². The van der Waals surface area contributed by atoms with Crippen LogP contribution in [0, 0.1) is 11.8 Å². The summed E-state index contributed by atoms with van der Waals surface area (Å²) in [5.74, 6) is 7.38. The van der Waals surface area contributed by atoms with Crippen LogP contribution in [0.15, 0.2) is 48.8 Å². The second-order valence-electron chi connectivity index (χ2n) is 7.34. The molecule has 1 aliphatic carbocycles. The van der Waals surface area contributed by atoms with E-state index in [0.717, 1.165) is 47.2 Å². The molecule has 2 aromatic carbocycles. The van der Waals surface area contributed by atoms with Crippen LogP contribution in [0.3, 0.4) is 0 Å². The van der Waals surface area contributed by atoms with Crippen LogP contribution in [0.25, 0.3) is 16.7 Å². The van der Waals surface area contributed by atoms with Crippen molar-refractivity contribution in [2.24, 2.45) is 0 Å². The second-order valence-corrected chi connectivity index (χ2v) is 7.78. The van der Waals surface area contributed by atoms with Gasteiger partial charge in [0.2, 0.25) is 0 Å². The largest absolute Gasteiger partial charge is 0.378 e. The number of aromatic nitrogens is 4. The lowest BCUT2D eigenvalue weighted by atomic mass is 9.81. The maximum atomic E-state index is 10.2. The number of rotatable bonds is 2. The van der Waals surface area contributed by atoms with Crippen molar-refractivity contribution in [2.45, 2.75) is 24.9 Å². The summed E-state index contributed by atoms with van der Waals surface area (Å²) >= 11 is 6.22. The van der Waals surface area contributed by atoms with E-state index in [1.807, 2.05) is 58.8 Å². The number of anilines is 2. The molecule has 0 unspecified atom stereocenters. The number of hydrogen-bond donors (Lipinski definition) is 1. The zero-order valence-electron chi connectivity index (χ0n) is 15.8. The number of hydrogen-bond acceptors (Lipinski definition) is 5. The minimum absolute atomic E-state index is 0.504. The molecule has 2 aromatic heterocycles. The topological polar surface area (TPSA) is 66.5 Å². The van der Waals surface area contributed by atoms with Gasteiger partial charge in [0, 0.05) is 28.7 Å². The molecule has 1 fully saturated rings. The van der Waals surface area contributed by atoms with Gasteiger partial charge in [0.1, 0.15) is 17.7 Å². The molecule has 6 nitrogen and oxygen atoms in total. The van der Waals surface area contributed by atoms with Crippen molar-refractivity contribution in [3.8, 4) is 11.8 Å². The second kappa shape index (κ2) is 6.73. The van der Waals surface area contributed by atoms with Gasteiger partial charge in [-0.2, -0.15) is 4.98 Å². The summed E-state index contributed by atoms with van der Waals surface area (Å²) in [6.07, 6.45) is 4.15. The lowest BCUT2D eigenvalue weighted by molar-refractivity contribution is 0.0240. The van der Waals surface area contributed by atoms with Crippen molar-refractivity contribution in [1.29, 1.82) is 0 Å². The summed E-state index contributed by atoms with van der Waals surface area (Å²) in [4.78, 5) is 6.70. The SMILES string of the molecule is CN(c1cccc(C#CC2(O)CCC2)c1)c1nc2nncn2c2cc(Cl)ccc12. The van der Waals surface area contributed by atoms with Gasteiger partial charge in [-0.15, -0.1) is 10.2 Å². The molecule has 4 aromatic rings. The molecule has 1 aliphatic rings. The molecule has 1 N–H and O–H groups in total. The van der Waals surface area contributed by atoms with Crippen molar-refractivity contribution < 1.29 is 5.11 Å². The molecule has 0 atom stereocenters. The summed E-state index contributed by atoms with van der Waals surface area (Å²) in [6.45, 7) is 0. The van der Waals surface area contributed by atoms with Gasteiger partial charge in [-0.05, 0) is 55.7 Å². The van der Waals surface area contributed by atoms with Crippen LogP contribution >= 0.6 is 11.6 Å². The molecule has 2 heterocycles. The minimum atomic E-state index is -0.822. The van der Waals surface area contributed by atoms with E-state index in [4.69, 9.17) is 16.6 Å². The van der Waals surface area contributed by atoms with Crippen LogP contribution in [-0.4, -0.2) is 37.3 Å². The Balaban J connectivity index is 1.59. The van der Waals surface area contributed by atoms with E-state index in [9.17, 15) is 5.11 Å². The Labute approximate surface area is 172 Å². The Hall–Kier alpha value is -3.14. The van der Waals surface area contributed by atoms with Crippen LogP contribution in [0.5, 0.6) is 0 Å². The zero-order valence-corrected chi connectivity index (χ0v) is 16.6. The quantitative estimate of drug-likeness (QED) is 0.513. The maximum Gasteiger partial charge on any atom is 0.257 e. The highest BCUT2D eigenvalue weighted by atomic mass is 35.5. The standard InChI is InChI=1S/C22H18ClN5O/c1-27(17-5-2-4-15(12-17)8-11-22(29)9-3-10-22)20-18-7-6-16(23)13-19(18)28-14-24-26-21(28)25-20/h2,4-7,12-14,29H,3,9-10H2,1H3. The normalized spacial score (nSPS) is 15.0. The van der Waals surface area contributed by atoms with Crippen LogP contribution in [0.4, 0.5) is 11.5 Å². The number of halogens is 1. The van der Waals surface area contributed by atoms with Gasteiger partial charge in [-0.1, -0.05) is 29.5 Å². The van der Waals surface area contributed by atoms with Gasteiger partial charge in [-0.25, -0.2) is 0 Å². The minimum Gasteiger partial charge on any atom is -0.378 e. The third kappa shape index (κ3) is 3.19. The van der Waals surface area contributed by atoms with Crippen molar-refractivity contribution in [3.05, 3.63) is 59.4 Å². The van der Waals surface area contributed by atoms with Crippen molar-refractivity contribution in [2.75, 3.05) is 11.9 Å². The highest BCUT2D eigenvalue weighted by molar-refractivity contribution is 6.31. The van der Waals surface area contributed by atoms with E-state index in [-0.39, 0.29) is 0 Å². The van der Waals surface area contributed by atoms with Gasteiger partial charge < -0.3 is 10.0 Å². The molecule has 5 rings (SSSR count). The molecule has 0 bridgehead atoms. The number of nitrogens with zero attached hydrogens (tertiary/aromatic N) is 5. The molecule has 0 amide bonds. The molecule has 29 heavy (non-hydrogen) atoms. The molecule has 1 saturated carbocycles. The van der Waals surface area contributed by atoms with E-state index in [1.165, 1.54) is 0 Å². The first-order chi connectivity index (χ1) is 14.0. The van der Waals surface area contributed by atoms with Gasteiger partial charge >= 0.3 is 0 Å². The Morgan fingerprint density at radius 2 is 2.07 bits per heavy atom. The Morgan fingerprint density at radius 1 is 1.21 bits per heavy atom. The highest BCUT2D eigenvalue weighted by Gasteiger charge is 2.32. The molecule has 0 radical (unpaired) electrons. The van der Waals surface area contributed by atoms with E-state index in [2.05, 4.69) is 22.0 Å². The summed E-state index contributed by atoms with van der Waals surface area (Å²) in [5.41, 5.74) is 1.85. The Morgan fingerprint density at radius 3 is 2.86 bits per heavy atom. The first-order valence-corrected chi connectivity index (χ1v) is 9.79. The monoisotopic (exact) mass is 403 g/mol. The van der Waals surface area contributed by atoms with Crippen LogP contribution in [0.1, 0.15) is 24.8 Å². The lowest BCUT2D eigenvalue weighted by Gasteiger charge is -2.30. The molecule has 144 valence electrons. The number of aliphatic hydroxyl groups is 1. The zero-order chi connectivity index (χ0) is 20.0. The molecule has 7 heteroatoms. The third-order valence-corrected chi connectivity index (χ3v) is 5.60. The van der Waals surface area contributed by atoms with Crippen LogP contribution in [-0.2, 0) is 0 Å². The van der Waals surface area contributed by atoms with Crippen LogP contribution < -0.4 is 4.90 Å². The lowest BCUT2D eigenvalue weighted by Crippen LogP contribution is -2.34. The van der Waals surface area contributed by atoms with E-state index in [1.54, 1.807) is 6.33 Å². The fraction of sp³-hybridized carbons (Fsp3) is 0.227.